The van der Waals surface area contributed by atoms with Crippen LogP contribution in [0, 0.1) is 5.82 Å². The molecule has 2 rings (SSSR count). The van der Waals surface area contributed by atoms with Crippen molar-refractivity contribution in [1.82, 2.24) is 10.9 Å². The summed E-state index contributed by atoms with van der Waals surface area (Å²) in [6.45, 7) is 0. The normalized spacial score (nSPS) is 19.6. The Morgan fingerprint density at radius 3 is 2.56 bits per heavy atom. The van der Waals surface area contributed by atoms with Gasteiger partial charge in [0.25, 0.3) is 0 Å². The van der Waals surface area contributed by atoms with Gasteiger partial charge in [-0.05, 0) is 36.7 Å². The average Bonchev–Trinajstić information content (AvgIpc) is 2.32. The zero-order valence-electron chi connectivity index (χ0n) is 9.20. The van der Waals surface area contributed by atoms with Crippen LogP contribution >= 0.6 is 0 Å². The molecule has 0 saturated carbocycles. The van der Waals surface area contributed by atoms with Crippen molar-refractivity contribution >= 4 is 5.57 Å². The second kappa shape index (κ2) is 5.05. The van der Waals surface area contributed by atoms with Crippen LogP contribution in [0.3, 0.4) is 0 Å². The molecule has 1 atom stereocenters. The first-order valence-electron chi connectivity index (χ1n) is 5.36. The van der Waals surface area contributed by atoms with Gasteiger partial charge in [-0.3, -0.25) is 10.9 Å². The quantitative estimate of drug-likeness (QED) is 0.760. The van der Waals surface area contributed by atoms with Crippen LogP contribution in [0.5, 0.6) is 0 Å². The maximum atomic E-state index is 12.8. The smallest absolute Gasteiger partial charge is 0.123 e. The third-order valence-corrected chi connectivity index (χ3v) is 2.61. The monoisotopic (exact) mass is 218 g/mol. The van der Waals surface area contributed by atoms with Gasteiger partial charge in [-0.1, -0.05) is 30.4 Å². The second-order valence-corrected chi connectivity index (χ2v) is 3.76. The van der Waals surface area contributed by atoms with Crippen LogP contribution in [0.1, 0.15) is 12.0 Å². The van der Waals surface area contributed by atoms with Crippen LogP contribution < -0.4 is 10.9 Å². The molecule has 0 amide bonds. The molecule has 0 bridgehead atoms. The van der Waals surface area contributed by atoms with Gasteiger partial charge in [0.15, 0.2) is 0 Å². The van der Waals surface area contributed by atoms with Crippen molar-refractivity contribution in [2.75, 3.05) is 7.05 Å². The summed E-state index contributed by atoms with van der Waals surface area (Å²) >= 11 is 0. The Balaban J connectivity index is 2.08. The number of halogens is 1. The molecule has 1 aromatic rings. The van der Waals surface area contributed by atoms with E-state index in [9.17, 15) is 4.39 Å². The highest BCUT2D eigenvalue weighted by Crippen LogP contribution is 2.21. The van der Waals surface area contributed by atoms with Gasteiger partial charge in [-0.15, -0.1) is 0 Å². The molecule has 3 heteroatoms. The van der Waals surface area contributed by atoms with E-state index in [2.05, 4.69) is 29.1 Å². The molecular formula is C13H15FN2. The number of allylic oxidation sites excluding steroid dienone is 2. The lowest BCUT2D eigenvalue weighted by atomic mass is 9.97. The number of rotatable bonds is 3. The van der Waals surface area contributed by atoms with Gasteiger partial charge in [0.05, 0.1) is 0 Å². The van der Waals surface area contributed by atoms with Gasteiger partial charge in [0, 0.05) is 6.04 Å². The number of nitrogens with one attached hydrogen (secondary N) is 2. The summed E-state index contributed by atoms with van der Waals surface area (Å²) in [5.41, 5.74) is 8.25. The third-order valence-electron chi connectivity index (χ3n) is 2.61. The van der Waals surface area contributed by atoms with Crippen LogP contribution in [0.25, 0.3) is 5.57 Å². The molecule has 0 fully saturated rings. The van der Waals surface area contributed by atoms with Gasteiger partial charge in [0.1, 0.15) is 5.82 Å². The van der Waals surface area contributed by atoms with Gasteiger partial charge >= 0.3 is 0 Å². The van der Waals surface area contributed by atoms with Crippen LogP contribution in [-0.2, 0) is 0 Å². The van der Waals surface area contributed by atoms with E-state index in [0.717, 1.165) is 17.6 Å². The number of benzene rings is 1. The minimum absolute atomic E-state index is 0.195. The van der Waals surface area contributed by atoms with E-state index in [-0.39, 0.29) is 5.82 Å². The minimum Gasteiger partial charge on any atom is -0.260 e. The standard InChI is InChI=1S/C13H15FN2/c1-15-16-13-8-4-11(5-9-13)10-2-6-12(14)7-3-10/h2-8,13,15-16H,9H2,1H3. The largest absolute Gasteiger partial charge is 0.260 e. The van der Waals surface area contributed by atoms with E-state index in [1.165, 1.54) is 12.1 Å². The minimum atomic E-state index is -0.195. The fourth-order valence-corrected chi connectivity index (χ4v) is 1.77. The molecule has 0 radical (unpaired) electrons. The summed E-state index contributed by atoms with van der Waals surface area (Å²) in [6.07, 6.45) is 7.26. The van der Waals surface area contributed by atoms with Gasteiger partial charge < -0.3 is 0 Å². The topological polar surface area (TPSA) is 24.1 Å². The summed E-state index contributed by atoms with van der Waals surface area (Å²) in [5.74, 6) is -0.195. The van der Waals surface area contributed by atoms with Crippen molar-refractivity contribution in [3.05, 3.63) is 53.9 Å². The molecule has 1 aliphatic carbocycles. The Kier molecular flexibility index (Phi) is 3.49. The van der Waals surface area contributed by atoms with Crippen molar-refractivity contribution < 1.29 is 4.39 Å². The molecule has 0 aromatic heterocycles. The van der Waals surface area contributed by atoms with Gasteiger partial charge in [0.2, 0.25) is 0 Å². The van der Waals surface area contributed by atoms with E-state index < -0.39 is 0 Å². The molecule has 2 nitrogen and oxygen atoms in total. The Morgan fingerprint density at radius 1 is 1.25 bits per heavy atom. The first kappa shape index (κ1) is 11.0. The first-order valence-corrected chi connectivity index (χ1v) is 5.36. The van der Waals surface area contributed by atoms with Crippen LogP contribution in [-0.4, -0.2) is 13.1 Å². The van der Waals surface area contributed by atoms with Crippen molar-refractivity contribution in [1.29, 1.82) is 0 Å². The zero-order valence-corrected chi connectivity index (χ0v) is 9.20. The van der Waals surface area contributed by atoms with Crippen LogP contribution in [0.2, 0.25) is 0 Å². The van der Waals surface area contributed by atoms with E-state index in [1.54, 1.807) is 12.1 Å². The average molecular weight is 218 g/mol. The molecule has 0 heterocycles. The molecule has 84 valence electrons. The Hall–Kier alpha value is -1.45. The van der Waals surface area contributed by atoms with Crippen LogP contribution in [0.4, 0.5) is 4.39 Å². The molecule has 1 aliphatic rings. The highest BCUT2D eigenvalue weighted by Gasteiger charge is 2.08. The van der Waals surface area contributed by atoms with Gasteiger partial charge in [-0.25, -0.2) is 4.39 Å². The van der Waals surface area contributed by atoms with E-state index >= 15 is 0 Å². The molecule has 0 spiro atoms. The summed E-state index contributed by atoms with van der Waals surface area (Å²) in [6, 6.07) is 6.91. The number of hydrogen-bond donors (Lipinski definition) is 2. The molecule has 1 unspecified atom stereocenters. The lowest BCUT2D eigenvalue weighted by molar-refractivity contribution is 0.525. The molecular weight excluding hydrogens is 203 g/mol. The summed E-state index contributed by atoms with van der Waals surface area (Å²) in [7, 11) is 1.85. The van der Waals surface area contributed by atoms with E-state index in [4.69, 9.17) is 0 Å². The van der Waals surface area contributed by atoms with E-state index in [0.29, 0.717) is 6.04 Å². The second-order valence-electron chi connectivity index (χ2n) is 3.76. The summed E-state index contributed by atoms with van der Waals surface area (Å²) < 4.78 is 12.8. The summed E-state index contributed by atoms with van der Waals surface area (Å²) in [5, 5.41) is 0. The molecule has 2 N–H and O–H groups in total. The van der Waals surface area contributed by atoms with Crippen LogP contribution in [0.15, 0.2) is 42.5 Å². The molecule has 1 aromatic carbocycles. The fourth-order valence-electron chi connectivity index (χ4n) is 1.77. The molecule has 0 saturated heterocycles. The SMILES string of the molecule is CNNC1C=CC(c2ccc(F)cc2)=CC1. The Morgan fingerprint density at radius 2 is 2.00 bits per heavy atom. The predicted molar refractivity (Wildman–Crippen MR) is 64.1 cm³/mol. The highest BCUT2D eigenvalue weighted by molar-refractivity contribution is 5.75. The highest BCUT2D eigenvalue weighted by atomic mass is 19.1. The van der Waals surface area contributed by atoms with Crippen molar-refractivity contribution in [3.8, 4) is 0 Å². The third kappa shape index (κ3) is 2.56. The lowest BCUT2D eigenvalue weighted by Crippen LogP contribution is -2.37. The predicted octanol–water partition coefficient (Wildman–Crippen LogP) is 2.26. The summed E-state index contributed by atoms with van der Waals surface area (Å²) in [4.78, 5) is 0. The van der Waals surface area contributed by atoms with Gasteiger partial charge in [-0.2, -0.15) is 0 Å². The Labute approximate surface area is 94.8 Å². The maximum absolute atomic E-state index is 12.8. The maximum Gasteiger partial charge on any atom is 0.123 e. The van der Waals surface area contributed by atoms with E-state index in [1.807, 2.05) is 7.05 Å². The Bertz CT molecular complexity index is 406. The first-order chi connectivity index (χ1) is 7.79. The number of hydrogen-bond acceptors (Lipinski definition) is 2. The van der Waals surface area contributed by atoms with Crippen molar-refractivity contribution in [2.45, 2.75) is 12.5 Å². The lowest BCUT2D eigenvalue weighted by Gasteiger charge is -2.17. The molecule has 0 aliphatic heterocycles. The fraction of sp³-hybridized carbons (Fsp3) is 0.231. The van der Waals surface area contributed by atoms with Crippen molar-refractivity contribution in [3.63, 3.8) is 0 Å². The molecule has 16 heavy (non-hydrogen) atoms. The zero-order chi connectivity index (χ0) is 11.4. The van der Waals surface area contributed by atoms with Crippen molar-refractivity contribution in [2.24, 2.45) is 0 Å². The number of hydrazine groups is 1.